The van der Waals surface area contributed by atoms with E-state index in [-0.39, 0.29) is 10.6 Å². The van der Waals surface area contributed by atoms with Crippen LogP contribution >= 0.6 is 34.8 Å². The second-order valence-corrected chi connectivity index (χ2v) is 6.11. The maximum atomic E-state index is 11.9. The van der Waals surface area contributed by atoms with Crippen LogP contribution in [0.2, 0.25) is 5.02 Å². The third-order valence-corrected chi connectivity index (χ3v) is 2.96. The van der Waals surface area contributed by atoms with E-state index in [4.69, 9.17) is 40.1 Å². The van der Waals surface area contributed by atoms with Crippen LogP contribution in [0.4, 0.5) is 5.69 Å². The number of rotatable bonds is 4. The summed E-state index contributed by atoms with van der Waals surface area (Å²) in [5.74, 6) is -1.96. The molecule has 0 spiro atoms. The molecule has 1 N–H and O–H groups in total. The molecule has 0 aromatic heterocycles. The molecule has 1 aromatic rings. The highest BCUT2D eigenvalue weighted by molar-refractivity contribution is 6.60. The molecule has 0 fully saturated rings. The van der Waals surface area contributed by atoms with Crippen molar-refractivity contribution in [1.29, 1.82) is 5.26 Å². The van der Waals surface area contributed by atoms with Gasteiger partial charge >= 0.3 is 0 Å². The molecule has 1 rings (SSSR count). The van der Waals surface area contributed by atoms with Crippen LogP contribution in [0.3, 0.4) is 0 Å². The molecule has 0 aliphatic rings. The van der Waals surface area contributed by atoms with Crippen LogP contribution in [0.25, 0.3) is 5.76 Å². The van der Waals surface area contributed by atoms with E-state index in [0.29, 0.717) is 0 Å². The molecule has 0 atom stereocenters. The summed E-state index contributed by atoms with van der Waals surface area (Å²) in [6.07, 6.45) is 0. The van der Waals surface area contributed by atoms with Crippen LogP contribution in [0.15, 0.2) is 23.8 Å². The zero-order valence-electron chi connectivity index (χ0n) is 10.4. The molecule has 0 bridgehead atoms. The van der Waals surface area contributed by atoms with E-state index in [9.17, 15) is 20.0 Å². The second kappa shape index (κ2) is 6.31. The van der Waals surface area contributed by atoms with Gasteiger partial charge in [-0.15, -0.1) is 0 Å². The SMILES string of the molecule is CC(Cl)(Cl)C(=O)C(C#N)=C(O)c1ccc(Cl)cc1[N+](=O)[O-]. The van der Waals surface area contributed by atoms with Crippen molar-refractivity contribution in [3.05, 3.63) is 44.5 Å². The molecule has 0 unspecified atom stereocenters. The van der Waals surface area contributed by atoms with Crippen LogP contribution in [0.1, 0.15) is 12.5 Å². The van der Waals surface area contributed by atoms with Crippen molar-refractivity contribution in [3.8, 4) is 6.07 Å². The lowest BCUT2D eigenvalue weighted by Crippen LogP contribution is -2.24. The number of alkyl halides is 2. The third-order valence-electron chi connectivity index (χ3n) is 2.39. The lowest BCUT2D eigenvalue weighted by atomic mass is 10.0. The van der Waals surface area contributed by atoms with Crippen molar-refractivity contribution in [2.24, 2.45) is 0 Å². The number of allylic oxidation sites excluding steroid dienone is 1. The Labute approximate surface area is 134 Å². The molecule has 0 aliphatic heterocycles. The van der Waals surface area contributed by atoms with Gasteiger partial charge < -0.3 is 5.11 Å². The van der Waals surface area contributed by atoms with Gasteiger partial charge in [-0.05, 0) is 19.1 Å². The minimum atomic E-state index is -1.96. The first-order chi connectivity index (χ1) is 9.59. The number of nitro groups is 1. The van der Waals surface area contributed by atoms with Crippen molar-refractivity contribution in [3.63, 3.8) is 0 Å². The van der Waals surface area contributed by atoms with Gasteiger partial charge in [0.1, 0.15) is 11.6 Å². The molecule has 1 aromatic carbocycles. The smallest absolute Gasteiger partial charge is 0.281 e. The number of halogens is 3. The number of nitrogens with zero attached hydrogens (tertiary/aromatic N) is 2. The van der Waals surface area contributed by atoms with E-state index in [1.54, 1.807) is 0 Å². The van der Waals surface area contributed by atoms with Gasteiger partial charge in [-0.25, -0.2) is 0 Å². The lowest BCUT2D eigenvalue weighted by Gasteiger charge is -2.12. The number of nitriles is 1. The minimum absolute atomic E-state index is 0.0580. The van der Waals surface area contributed by atoms with Gasteiger partial charge in [0.2, 0.25) is 5.78 Å². The summed E-state index contributed by atoms with van der Waals surface area (Å²) >= 11 is 16.8. The fraction of sp³-hybridized carbons (Fsp3) is 0.167. The number of carbonyl (C=O) groups excluding carboxylic acids is 1. The summed E-state index contributed by atoms with van der Waals surface area (Å²) in [6, 6.07) is 4.80. The van der Waals surface area contributed by atoms with E-state index in [0.717, 1.165) is 19.1 Å². The van der Waals surface area contributed by atoms with Gasteiger partial charge in [-0.3, -0.25) is 14.9 Å². The molecule has 0 heterocycles. The largest absolute Gasteiger partial charge is 0.506 e. The predicted octanol–water partition coefficient (Wildman–Crippen LogP) is 3.80. The predicted molar refractivity (Wildman–Crippen MR) is 78.4 cm³/mol. The van der Waals surface area contributed by atoms with Gasteiger partial charge in [0.15, 0.2) is 10.1 Å². The van der Waals surface area contributed by atoms with Gasteiger partial charge in [0.05, 0.1) is 10.5 Å². The first kappa shape index (κ1) is 17.2. The average molecular weight is 350 g/mol. The first-order valence-electron chi connectivity index (χ1n) is 5.30. The van der Waals surface area contributed by atoms with Crippen LogP contribution in [-0.4, -0.2) is 20.1 Å². The highest BCUT2D eigenvalue weighted by atomic mass is 35.5. The number of nitro benzene ring substituents is 1. The monoisotopic (exact) mass is 348 g/mol. The Morgan fingerprint density at radius 1 is 1.48 bits per heavy atom. The molecule has 0 amide bonds. The number of hydrogen-bond acceptors (Lipinski definition) is 5. The molecule has 6 nitrogen and oxygen atoms in total. The second-order valence-electron chi connectivity index (χ2n) is 3.97. The Bertz CT molecular complexity index is 687. The van der Waals surface area contributed by atoms with Gasteiger partial charge in [0, 0.05) is 11.1 Å². The average Bonchev–Trinajstić information content (AvgIpc) is 2.37. The first-order valence-corrected chi connectivity index (χ1v) is 6.43. The molecule has 0 saturated carbocycles. The van der Waals surface area contributed by atoms with Crippen molar-refractivity contribution >= 4 is 52.0 Å². The van der Waals surface area contributed by atoms with Crippen LogP contribution in [0, 0.1) is 21.4 Å². The third kappa shape index (κ3) is 3.85. The Morgan fingerprint density at radius 2 is 2.05 bits per heavy atom. The number of aliphatic hydroxyl groups is 1. The summed E-state index contributed by atoms with van der Waals surface area (Å²) < 4.78 is -1.96. The lowest BCUT2D eigenvalue weighted by molar-refractivity contribution is -0.385. The highest BCUT2D eigenvalue weighted by Gasteiger charge is 2.34. The Kier molecular flexibility index (Phi) is 5.18. The van der Waals surface area contributed by atoms with E-state index in [2.05, 4.69) is 0 Å². The van der Waals surface area contributed by atoms with Gasteiger partial charge in [-0.2, -0.15) is 5.26 Å². The van der Waals surface area contributed by atoms with E-state index >= 15 is 0 Å². The number of aliphatic hydroxyl groups excluding tert-OH is 1. The topological polar surface area (TPSA) is 104 Å². The molecule has 110 valence electrons. The zero-order valence-corrected chi connectivity index (χ0v) is 12.7. The molecule has 0 radical (unpaired) electrons. The Hall–Kier alpha value is -1.81. The van der Waals surface area contributed by atoms with Crippen LogP contribution in [0.5, 0.6) is 0 Å². The number of carbonyl (C=O) groups is 1. The maximum Gasteiger partial charge on any atom is 0.281 e. The number of ketones is 1. The molecule has 0 saturated heterocycles. The quantitative estimate of drug-likeness (QED) is 0.222. The molecular weight excluding hydrogens is 343 g/mol. The summed E-state index contributed by atoms with van der Waals surface area (Å²) in [5.41, 5.74) is -1.69. The number of Topliss-reactive ketones (excluding diaryl/α,β-unsaturated/α-hetero) is 1. The summed E-state index contributed by atoms with van der Waals surface area (Å²) in [7, 11) is 0. The van der Waals surface area contributed by atoms with Gasteiger partial charge in [0.25, 0.3) is 5.69 Å². The van der Waals surface area contributed by atoms with Crippen molar-refractivity contribution in [1.82, 2.24) is 0 Å². The molecule has 0 aliphatic carbocycles. The van der Waals surface area contributed by atoms with Crippen molar-refractivity contribution < 1.29 is 14.8 Å². The summed E-state index contributed by atoms with van der Waals surface area (Å²) in [6.45, 7) is 1.11. The van der Waals surface area contributed by atoms with Crippen LogP contribution in [-0.2, 0) is 4.79 Å². The number of benzene rings is 1. The van der Waals surface area contributed by atoms with Gasteiger partial charge in [-0.1, -0.05) is 34.8 Å². The fourth-order valence-corrected chi connectivity index (χ4v) is 1.78. The van der Waals surface area contributed by atoms with E-state index in [1.807, 2.05) is 0 Å². The van der Waals surface area contributed by atoms with Crippen molar-refractivity contribution in [2.75, 3.05) is 0 Å². The summed E-state index contributed by atoms with van der Waals surface area (Å²) in [4.78, 5) is 22.0. The standard InChI is InChI=1S/C12H7Cl3N2O4/c1-12(14,15)11(19)8(5-16)10(18)7-3-2-6(13)4-9(7)17(20)21/h2-4,18H,1H3. The minimum Gasteiger partial charge on any atom is -0.506 e. The zero-order chi connectivity index (χ0) is 16.4. The molecular formula is C12H7Cl3N2O4. The van der Waals surface area contributed by atoms with Crippen molar-refractivity contribution in [2.45, 2.75) is 11.3 Å². The van der Waals surface area contributed by atoms with Crippen LogP contribution < -0.4 is 0 Å². The maximum absolute atomic E-state index is 11.9. The Morgan fingerprint density at radius 3 is 2.48 bits per heavy atom. The van der Waals surface area contributed by atoms with E-state index in [1.165, 1.54) is 12.1 Å². The van der Waals surface area contributed by atoms with E-state index < -0.39 is 32.1 Å². The highest BCUT2D eigenvalue weighted by Crippen LogP contribution is 2.32. The molecule has 9 heteroatoms. The molecule has 21 heavy (non-hydrogen) atoms. The Balaban J connectivity index is 3.58. The normalized spacial score (nSPS) is 12.3. The fourth-order valence-electron chi connectivity index (χ4n) is 1.42. The summed E-state index contributed by atoms with van der Waals surface area (Å²) in [5, 5.41) is 30.0. The number of hydrogen-bond donors (Lipinski definition) is 1.